The number of halogens is 3. The van der Waals surface area contributed by atoms with Crippen molar-refractivity contribution in [2.45, 2.75) is 20.0 Å². The fraction of sp³-hybridized carbons (Fsp3) is 0.500. The molecule has 0 aromatic carbocycles. The smallest absolute Gasteiger partial charge is 0.421 e. The minimum absolute atomic E-state index is 0.264. The van der Waals surface area contributed by atoms with E-state index in [1.54, 1.807) is 0 Å². The van der Waals surface area contributed by atoms with Crippen LogP contribution in [0.4, 0.5) is 13.2 Å². The summed E-state index contributed by atoms with van der Waals surface area (Å²) in [5.41, 5.74) is -2.04. The van der Waals surface area contributed by atoms with Gasteiger partial charge in [-0.25, -0.2) is 4.98 Å². The molecule has 0 aliphatic carbocycles. The Bertz CT molecular complexity index is 458. The van der Waals surface area contributed by atoms with Crippen molar-refractivity contribution in [2.75, 3.05) is 13.7 Å². The van der Waals surface area contributed by atoms with Crippen LogP contribution >= 0.6 is 0 Å². The molecule has 7 heteroatoms. The molecule has 1 aromatic heterocycles. The van der Waals surface area contributed by atoms with Gasteiger partial charge in [0.25, 0.3) is 0 Å². The van der Waals surface area contributed by atoms with Gasteiger partial charge in [-0.1, -0.05) is 0 Å². The second kappa shape index (κ2) is 5.46. The zero-order chi connectivity index (χ0) is 14.7. The first-order valence-corrected chi connectivity index (χ1v) is 5.42. The number of carbonyl (C=O) groups is 1. The molecule has 0 bridgehead atoms. The first kappa shape index (κ1) is 15.3. The molecule has 0 N–H and O–H groups in total. The first-order valence-electron chi connectivity index (χ1n) is 5.42. The molecular weight excluding hydrogens is 263 g/mol. The van der Waals surface area contributed by atoms with Gasteiger partial charge in [0.15, 0.2) is 0 Å². The lowest BCUT2D eigenvalue weighted by atomic mass is 9.95. The van der Waals surface area contributed by atoms with Crippen molar-refractivity contribution in [3.8, 4) is 5.88 Å². The molecule has 19 heavy (non-hydrogen) atoms. The predicted octanol–water partition coefficient (Wildman–Crippen LogP) is 2.68. The molecule has 1 heterocycles. The largest absolute Gasteiger partial charge is 0.476 e. The van der Waals surface area contributed by atoms with Crippen molar-refractivity contribution in [1.82, 2.24) is 4.98 Å². The number of rotatable bonds is 4. The summed E-state index contributed by atoms with van der Waals surface area (Å²) >= 11 is 0. The van der Waals surface area contributed by atoms with Crippen LogP contribution < -0.4 is 4.74 Å². The highest BCUT2D eigenvalue weighted by molar-refractivity contribution is 5.75. The van der Waals surface area contributed by atoms with Gasteiger partial charge in [-0.05, 0) is 26.0 Å². The summed E-state index contributed by atoms with van der Waals surface area (Å²) in [4.78, 5) is 14.9. The third kappa shape index (κ3) is 3.84. The van der Waals surface area contributed by atoms with E-state index in [4.69, 9.17) is 4.74 Å². The number of aromatic nitrogens is 1. The molecule has 0 aliphatic rings. The molecule has 0 aliphatic heterocycles. The summed E-state index contributed by atoms with van der Waals surface area (Å²) in [6.07, 6.45) is -3.37. The summed E-state index contributed by atoms with van der Waals surface area (Å²) < 4.78 is 47.6. The molecule has 1 aromatic rings. The van der Waals surface area contributed by atoms with E-state index in [0.29, 0.717) is 0 Å². The van der Waals surface area contributed by atoms with Gasteiger partial charge >= 0.3 is 12.1 Å². The average Bonchev–Trinajstić information content (AvgIpc) is 2.34. The summed E-state index contributed by atoms with van der Waals surface area (Å²) in [7, 11) is 1.20. The van der Waals surface area contributed by atoms with Crippen LogP contribution in [-0.4, -0.2) is 24.7 Å². The fourth-order valence-electron chi connectivity index (χ4n) is 1.31. The van der Waals surface area contributed by atoms with Crippen molar-refractivity contribution in [3.63, 3.8) is 0 Å². The lowest BCUT2D eigenvalue weighted by Crippen LogP contribution is -2.32. The van der Waals surface area contributed by atoms with E-state index in [-0.39, 0.29) is 6.61 Å². The molecule has 0 atom stereocenters. The number of esters is 1. The molecule has 0 saturated carbocycles. The predicted molar refractivity (Wildman–Crippen MR) is 60.5 cm³/mol. The molecule has 0 fully saturated rings. The molecule has 0 spiro atoms. The van der Waals surface area contributed by atoms with Gasteiger partial charge in [0, 0.05) is 6.20 Å². The number of pyridine rings is 1. The molecule has 4 nitrogen and oxygen atoms in total. The highest BCUT2D eigenvalue weighted by Crippen LogP contribution is 2.35. The normalized spacial score (nSPS) is 12.1. The standard InChI is InChI=1S/C12H14F3NO3/c1-11(2,10(17)18-3)7-19-9-8(12(13,14)15)5-4-6-16-9/h4-6H,7H2,1-3H3. The Morgan fingerprint density at radius 1 is 1.37 bits per heavy atom. The van der Waals surface area contributed by atoms with E-state index in [9.17, 15) is 18.0 Å². The summed E-state index contributed by atoms with van der Waals surface area (Å²) in [5, 5.41) is 0. The Morgan fingerprint density at radius 2 is 2.00 bits per heavy atom. The monoisotopic (exact) mass is 277 g/mol. The van der Waals surface area contributed by atoms with Crippen LogP contribution in [-0.2, 0) is 15.7 Å². The number of ether oxygens (including phenoxy) is 2. The van der Waals surface area contributed by atoms with Gasteiger partial charge in [-0.2, -0.15) is 13.2 Å². The number of hydrogen-bond acceptors (Lipinski definition) is 4. The van der Waals surface area contributed by atoms with E-state index >= 15 is 0 Å². The Balaban J connectivity index is 2.87. The van der Waals surface area contributed by atoms with Gasteiger partial charge in [-0.15, -0.1) is 0 Å². The van der Waals surface area contributed by atoms with Crippen LogP contribution in [0.15, 0.2) is 18.3 Å². The molecule has 0 saturated heterocycles. The van der Waals surface area contributed by atoms with Crippen LogP contribution in [0.1, 0.15) is 19.4 Å². The average molecular weight is 277 g/mol. The Kier molecular flexibility index (Phi) is 4.39. The second-order valence-corrected chi connectivity index (χ2v) is 4.52. The maximum atomic E-state index is 12.7. The van der Waals surface area contributed by atoms with E-state index in [0.717, 1.165) is 6.07 Å². The Labute approximate surface area is 108 Å². The number of carbonyl (C=O) groups excluding carboxylic acids is 1. The summed E-state index contributed by atoms with van der Waals surface area (Å²) in [6, 6.07) is 2.04. The van der Waals surface area contributed by atoms with Crippen LogP contribution in [0.2, 0.25) is 0 Å². The first-order chi connectivity index (χ1) is 8.68. The SMILES string of the molecule is COC(=O)C(C)(C)COc1ncccc1C(F)(F)F. The molecule has 0 unspecified atom stereocenters. The van der Waals surface area contributed by atoms with Gasteiger partial charge in [-0.3, -0.25) is 4.79 Å². The third-order valence-corrected chi connectivity index (χ3v) is 2.38. The second-order valence-electron chi connectivity index (χ2n) is 4.52. The minimum atomic E-state index is -4.56. The molecule has 106 valence electrons. The van der Waals surface area contributed by atoms with Gasteiger partial charge < -0.3 is 9.47 Å². The number of hydrogen-bond donors (Lipinski definition) is 0. The quantitative estimate of drug-likeness (QED) is 0.794. The summed E-state index contributed by atoms with van der Waals surface area (Å²) in [6.45, 7) is 2.75. The lowest BCUT2D eigenvalue weighted by Gasteiger charge is -2.22. The van der Waals surface area contributed by atoms with E-state index < -0.39 is 29.0 Å². The van der Waals surface area contributed by atoms with E-state index in [1.165, 1.54) is 33.2 Å². The number of nitrogens with zero attached hydrogens (tertiary/aromatic N) is 1. The van der Waals surface area contributed by atoms with Crippen LogP contribution in [0.3, 0.4) is 0 Å². The molecule has 0 radical (unpaired) electrons. The number of methoxy groups -OCH3 is 1. The Hall–Kier alpha value is -1.79. The van der Waals surface area contributed by atoms with Gasteiger partial charge in [0.1, 0.15) is 12.2 Å². The van der Waals surface area contributed by atoms with Gasteiger partial charge in [0.05, 0.1) is 12.5 Å². The third-order valence-electron chi connectivity index (χ3n) is 2.38. The maximum Gasteiger partial charge on any atom is 0.421 e. The molecule has 0 amide bonds. The van der Waals surface area contributed by atoms with Crippen LogP contribution in [0, 0.1) is 5.41 Å². The Morgan fingerprint density at radius 3 is 2.53 bits per heavy atom. The number of alkyl halides is 3. The maximum absolute atomic E-state index is 12.7. The van der Waals surface area contributed by atoms with Crippen LogP contribution in [0.25, 0.3) is 0 Å². The zero-order valence-electron chi connectivity index (χ0n) is 10.7. The topological polar surface area (TPSA) is 48.4 Å². The molecule has 1 rings (SSSR count). The van der Waals surface area contributed by atoms with Crippen LogP contribution in [0.5, 0.6) is 5.88 Å². The lowest BCUT2D eigenvalue weighted by molar-refractivity contribution is -0.152. The molecular formula is C12H14F3NO3. The highest BCUT2D eigenvalue weighted by atomic mass is 19.4. The minimum Gasteiger partial charge on any atom is -0.476 e. The van der Waals surface area contributed by atoms with Crippen molar-refractivity contribution >= 4 is 5.97 Å². The van der Waals surface area contributed by atoms with Crippen molar-refractivity contribution in [1.29, 1.82) is 0 Å². The van der Waals surface area contributed by atoms with E-state index in [1.807, 2.05) is 0 Å². The van der Waals surface area contributed by atoms with E-state index in [2.05, 4.69) is 9.72 Å². The summed E-state index contributed by atoms with van der Waals surface area (Å²) in [5.74, 6) is -1.12. The zero-order valence-corrected chi connectivity index (χ0v) is 10.7. The van der Waals surface area contributed by atoms with Crippen molar-refractivity contribution in [2.24, 2.45) is 5.41 Å². The van der Waals surface area contributed by atoms with Gasteiger partial charge in [0.2, 0.25) is 5.88 Å². The fourth-order valence-corrected chi connectivity index (χ4v) is 1.31. The van der Waals surface area contributed by atoms with Crippen molar-refractivity contribution < 1.29 is 27.4 Å². The van der Waals surface area contributed by atoms with Crippen molar-refractivity contribution in [3.05, 3.63) is 23.9 Å². The highest BCUT2D eigenvalue weighted by Gasteiger charge is 2.36.